The molecule has 2 aliphatic heterocycles. The second kappa shape index (κ2) is 7.74. The third-order valence-corrected chi connectivity index (χ3v) is 5.84. The van der Waals surface area contributed by atoms with E-state index in [2.05, 4.69) is 5.10 Å². The summed E-state index contributed by atoms with van der Waals surface area (Å²) < 4.78 is 5.08. The Labute approximate surface area is 182 Å². The van der Waals surface area contributed by atoms with E-state index in [9.17, 15) is 14.4 Å². The van der Waals surface area contributed by atoms with Gasteiger partial charge in [0.15, 0.2) is 5.71 Å². The number of para-hydroxylation sites is 1. The van der Waals surface area contributed by atoms with E-state index in [1.807, 2.05) is 0 Å². The molecular weight excluding hydrogens is 429 g/mol. The predicted molar refractivity (Wildman–Crippen MR) is 114 cm³/mol. The number of rotatable bonds is 4. The van der Waals surface area contributed by atoms with E-state index in [1.165, 1.54) is 5.01 Å². The van der Waals surface area contributed by atoms with Crippen LogP contribution in [0.3, 0.4) is 0 Å². The maximum absolute atomic E-state index is 13.4. The van der Waals surface area contributed by atoms with Crippen LogP contribution < -0.4 is 9.91 Å². The zero-order valence-corrected chi connectivity index (χ0v) is 17.6. The number of carbonyl (C=O) groups is 3. The number of fused-ring (bicyclic) bond motifs is 1. The lowest BCUT2D eigenvalue weighted by Crippen LogP contribution is -2.39. The fourth-order valence-corrected chi connectivity index (χ4v) is 4.09. The lowest BCUT2D eigenvalue weighted by molar-refractivity contribution is -0.136. The molecule has 0 unspecified atom stereocenters. The Bertz CT molecular complexity index is 1100. The van der Waals surface area contributed by atoms with E-state index < -0.39 is 29.7 Å². The Hall–Kier alpha value is -2.90. The summed E-state index contributed by atoms with van der Waals surface area (Å²) in [4.78, 5) is 40.4. The van der Waals surface area contributed by atoms with Gasteiger partial charge in [-0.05, 0) is 43.7 Å². The number of carbonyl (C=O) groups excluding carboxylic acids is 3. The van der Waals surface area contributed by atoms with Crippen molar-refractivity contribution in [3.05, 3.63) is 58.1 Å². The maximum atomic E-state index is 13.4. The van der Waals surface area contributed by atoms with Gasteiger partial charge in [-0.15, -0.1) is 0 Å². The van der Waals surface area contributed by atoms with Crippen molar-refractivity contribution in [2.75, 3.05) is 16.5 Å². The van der Waals surface area contributed by atoms with Gasteiger partial charge in [-0.2, -0.15) is 5.10 Å². The van der Waals surface area contributed by atoms with Gasteiger partial charge in [0.05, 0.1) is 23.0 Å². The van der Waals surface area contributed by atoms with Crippen molar-refractivity contribution in [2.45, 2.75) is 19.9 Å². The van der Waals surface area contributed by atoms with Gasteiger partial charge in [-0.25, -0.2) is 14.7 Å². The van der Waals surface area contributed by atoms with Gasteiger partial charge in [0.2, 0.25) is 5.91 Å². The standard InChI is InChI=1S/C21H17Cl2N3O4/c1-3-30-21(29)17-16-18(26(24-17)15-9-5-4-7-13(15)23)20(28)25(19(16)27)14-10-6-8-12(22)11(14)2/h4-10,16,18H,3H2,1-2H3/t16-,18+/m1/s1. The molecule has 0 aromatic heterocycles. The molecule has 2 aromatic rings. The Balaban J connectivity index is 1.84. The molecule has 1 saturated heterocycles. The lowest BCUT2D eigenvalue weighted by atomic mass is 9.97. The van der Waals surface area contributed by atoms with Gasteiger partial charge in [0.25, 0.3) is 5.91 Å². The average molecular weight is 446 g/mol. The lowest BCUT2D eigenvalue weighted by Gasteiger charge is -2.23. The highest BCUT2D eigenvalue weighted by atomic mass is 35.5. The minimum Gasteiger partial charge on any atom is -0.461 e. The van der Waals surface area contributed by atoms with Crippen LogP contribution in [0.1, 0.15) is 12.5 Å². The number of hydrogen-bond donors (Lipinski definition) is 0. The SMILES string of the molecule is CCOC(=O)C1=NN(c2ccccc2Cl)[C@@H]2C(=O)N(c3cccc(Cl)c3C)C(=O)[C@H]12. The van der Waals surface area contributed by atoms with Crippen molar-refractivity contribution in [1.29, 1.82) is 0 Å². The summed E-state index contributed by atoms with van der Waals surface area (Å²) in [5.41, 5.74) is 1.25. The van der Waals surface area contributed by atoms with E-state index in [0.29, 0.717) is 27.0 Å². The molecular formula is C21H17Cl2N3O4. The second-order valence-electron chi connectivity index (χ2n) is 6.82. The second-order valence-corrected chi connectivity index (χ2v) is 7.63. The zero-order valence-electron chi connectivity index (χ0n) is 16.1. The van der Waals surface area contributed by atoms with Gasteiger partial charge in [-0.1, -0.05) is 41.4 Å². The summed E-state index contributed by atoms with van der Waals surface area (Å²) >= 11 is 12.5. The molecule has 30 heavy (non-hydrogen) atoms. The van der Waals surface area contributed by atoms with Crippen molar-refractivity contribution in [3.63, 3.8) is 0 Å². The number of hydrazone groups is 1. The molecule has 2 heterocycles. The number of esters is 1. The van der Waals surface area contributed by atoms with Crippen LogP contribution in [0.4, 0.5) is 11.4 Å². The van der Waals surface area contributed by atoms with Crippen LogP contribution in [0, 0.1) is 12.8 Å². The molecule has 0 aliphatic carbocycles. The van der Waals surface area contributed by atoms with Crippen molar-refractivity contribution < 1.29 is 19.1 Å². The topological polar surface area (TPSA) is 79.3 Å². The molecule has 1 fully saturated rings. The Morgan fingerprint density at radius 3 is 2.40 bits per heavy atom. The van der Waals surface area contributed by atoms with E-state index >= 15 is 0 Å². The van der Waals surface area contributed by atoms with E-state index in [1.54, 1.807) is 56.3 Å². The van der Waals surface area contributed by atoms with E-state index in [4.69, 9.17) is 27.9 Å². The normalized spacial score (nSPS) is 20.5. The molecule has 0 N–H and O–H groups in total. The summed E-state index contributed by atoms with van der Waals surface area (Å²) in [6.45, 7) is 3.49. The van der Waals surface area contributed by atoms with Crippen LogP contribution in [0.5, 0.6) is 0 Å². The predicted octanol–water partition coefficient (Wildman–Crippen LogP) is 3.60. The van der Waals surface area contributed by atoms with Gasteiger partial charge < -0.3 is 4.74 Å². The van der Waals surface area contributed by atoms with Gasteiger partial charge in [0, 0.05) is 5.02 Å². The first-order valence-corrected chi connectivity index (χ1v) is 10.0. The van der Waals surface area contributed by atoms with Crippen molar-refractivity contribution in [1.82, 2.24) is 0 Å². The molecule has 7 nitrogen and oxygen atoms in total. The molecule has 0 radical (unpaired) electrons. The summed E-state index contributed by atoms with van der Waals surface area (Å²) in [5.74, 6) is -2.92. The van der Waals surface area contributed by atoms with Crippen molar-refractivity contribution in [3.8, 4) is 0 Å². The van der Waals surface area contributed by atoms with Gasteiger partial charge in [-0.3, -0.25) is 9.59 Å². The molecule has 2 aromatic carbocycles. The summed E-state index contributed by atoms with van der Waals surface area (Å²) in [7, 11) is 0. The fraction of sp³-hybridized carbons (Fsp3) is 0.238. The maximum Gasteiger partial charge on any atom is 0.355 e. The number of anilines is 2. The van der Waals surface area contributed by atoms with Crippen LogP contribution >= 0.6 is 23.2 Å². The van der Waals surface area contributed by atoms with Crippen LogP contribution in [0.25, 0.3) is 0 Å². The number of hydrogen-bond acceptors (Lipinski definition) is 6. The quantitative estimate of drug-likeness (QED) is 0.530. The first-order chi connectivity index (χ1) is 14.4. The summed E-state index contributed by atoms with van der Waals surface area (Å²) in [6.07, 6.45) is 0. The molecule has 2 atom stereocenters. The molecule has 0 spiro atoms. The third-order valence-electron chi connectivity index (χ3n) is 5.11. The van der Waals surface area contributed by atoms with E-state index in [-0.39, 0.29) is 12.3 Å². The van der Waals surface area contributed by atoms with E-state index in [0.717, 1.165) is 4.90 Å². The highest BCUT2D eigenvalue weighted by Gasteiger charge is 2.59. The summed E-state index contributed by atoms with van der Waals surface area (Å²) in [5, 5.41) is 6.38. The zero-order chi connectivity index (χ0) is 21.6. The smallest absolute Gasteiger partial charge is 0.355 e. The minimum atomic E-state index is -1.11. The van der Waals surface area contributed by atoms with Crippen molar-refractivity contribution in [2.24, 2.45) is 11.0 Å². The van der Waals surface area contributed by atoms with Crippen LogP contribution in [-0.2, 0) is 19.1 Å². The number of ether oxygens (including phenoxy) is 1. The molecule has 0 bridgehead atoms. The van der Waals surface area contributed by atoms with Crippen LogP contribution in [-0.4, -0.2) is 36.1 Å². The number of benzene rings is 2. The van der Waals surface area contributed by atoms with Crippen molar-refractivity contribution >= 4 is 58.1 Å². The molecule has 9 heteroatoms. The number of imide groups is 1. The number of halogens is 2. The first kappa shape index (κ1) is 20.4. The Morgan fingerprint density at radius 2 is 1.70 bits per heavy atom. The largest absolute Gasteiger partial charge is 0.461 e. The highest BCUT2D eigenvalue weighted by Crippen LogP contribution is 2.41. The van der Waals surface area contributed by atoms with Crippen LogP contribution in [0.15, 0.2) is 47.6 Å². The first-order valence-electron chi connectivity index (χ1n) is 9.29. The molecule has 2 amide bonds. The van der Waals surface area contributed by atoms with Gasteiger partial charge >= 0.3 is 5.97 Å². The number of nitrogens with zero attached hydrogens (tertiary/aromatic N) is 3. The monoisotopic (exact) mass is 445 g/mol. The third kappa shape index (κ3) is 3.05. The molecule has 2 aliphatic rings. The molecule has 154 valence electrons. The van der Waals surface area contributed by atoms with Crippen LogP contribution in [0.2, 0.25) is 10.0 Å². The molecule has 0 saturated carbocycles. The molecule has 4 rings (SSSR count). The summed E-state index contributed by atoms with van der Waals surface area (Å²) in [6, 6.07) is 10.7. The number of amides is 2. The van der Waals surface area contributed by atoms with Gasteiger partial charge in [0.1, 0.15) is 12.0 Å². The Kier molecular flexibility index (Phi) is 5.26. The Morgan fingerprint density at radius 1 is 1.03 bits per heavy atom. The average Bonchev–Trinajstić information content (AvgIpc) is 3.22. The minimum absolute atomic E-state index is 0.112. The fourth-order valence-electron chi connectivity index (χ4n) is 3.70. The highest BCUT2D eigenvalue weighted by molar-refractivity contribution is 6.47.